The third kappa shape index (κ3) is 3.03. The zero-order chi connectivity index (χ0) is 17.2. The second-order valence-electron chi connectivity index (χ2n) is 5.66. The van der Waals surface area contributed by atoms with Crippen LogP contribution in [0.25, 0.3) is 0 Å². The molecule has 3 rings (SSSR count). The maximum absolute atomic E-state index is 12.3. The van der Waals surface area contributed by atoms with E-state index in [-0.39, 0.29) is 37.5 Å². The number of likely N-dealkylation sites (tertiary alicyclic amines) is 1. The average molecular weight is 331 g/mol. The van der Waals surface area contributed by atoms with Gasteiger partial charge in [-0.3, -0.25) is 4.79 Å². The van der Waals surface area contributed by atoms with E-state index < -0.39 is 17.3 Å². The molecule has 0 unspecified atom stereocenters. The summed E-state index contributed by atoms with van der Waals surface area (Å²) in [6.07, 6.45) is 1.64. The molecule has 126 valence electrons. The summed E-state index contributed by atoms with van der Waals surface area (Å²) in [6, 6.07) is 8.76. The van der Waals surface area contributed by atoms with Gasteiger partial charge in [-0.05, 0) is 12.1 Å². The highest BCUT2D eigenvalue weighted by atomic mass is 16.5. The number of nitrogens with one attached hydrogen (secondary N) is 2. The molecule has 2 aromatic rings. The first-order chi connectivity index (χ1) is 11.5. The van der Waals surface area contributed by atoms with Crippen molar-refractivity contribution in [1.29, 1.82) is 0 Å². The van der Waals surface area contributed by atoms with Gasteiger partial charge in [0.05, 0.1) is 0 Å². The van der Waals surface area contributed by atoms with Crippen LogP contribution in [-0.4, -0.2) is 50.5 Å². The number of nitrogens with zero attached hydrogens (tertiary/aromatic N) is 1. The molecular weight excluding hydrogens is 314 g/mol. The zero-order valence-corrected chi connectivity index (χ0v) is 12.8. The van der Waals surface area contributed by atoms with Crippen LogP contribution in [0.15, 0.2) is 41.3 Å². The first-order valence-electron chi connectivity index (χ1n) is 7.55. The van der Waals surface area contributed by atoms with Gasteiger partial charge in [0.15, 0.2) is 0 Å². The van der Waals surface area contributed by atoms with Gasteiger partial charge in [-0.2, -0.15) is 0 Å². The number of imidazole rings is 1. The fraction of sp³-hybridized carbons (Fsp3) is 0.312. The molecule has 24 heavy (non-hydrogen) atoms. The summed E-state index contributed by atoms with van der Waals surface area (Å²) in [5, 5.41) is 9.61. The van der Waals surface area contributed by atoms with Gasteiger partial charge in [-0.25, -0.2) is 9.59 Å². The molecule has 0 aliphatic carbocycles. The highest BCUT2D eigenvalue weighted by Crippen LogP contribution is 2.29. The average Bonchev–Trinajstić information content (AvgIpc) is 3.02. The molecule has 0 saturated carbocycles. The summed E-state index contributed by atoms with van der Waals surface area (Å²) in [4.78, 5) is 41.4. The Morgan fingerprint density at radius 3 is 2.38 bits per heavy atom. The van der Waals surface area contributed by atoms with Gasteiger partial charge in [0.2, 0.25) is 5.60 Å². The van der Waals surface area contributed by atoms with Crippen molar-refractivity contribution < 1.29 is 19.4 Å². The number of aromatic nitrogens is 2. The van der Waals surface area contributed by atoms with Gasteiger partial charge < -0.3 is 24.7 Å². The van der Waals surface area contributed by atoms with Crippen LogP contribution in [0.2, 0.25) is 0 Å². The number of benzene rings is 1. The predicted octanol–water partition coefficient (Wildman–Crippen LogP) is 0.841. The van der Waals surface area contributed by atoms with E-state index in [0.717, 1.165) is 0 Å². The van der Waals surface area contributed by atoms with E-state index in [2.05, 4.69) is 9.97 Å². The van der Waals surface area contributed by atoms with E-state index in [1.165, 1.54) is 11.1 Å². The van der Waals surface area contributed by atoms with E-state index >= 15 is 0 Å². The minimum absolute atomic E-state index is 0.159. The second kappa shape index (κ2) is 6.23. The number of aromatic amines is 2. The topological polar surface area (TPSA) is 115 Å². The number of piperidine rings is 1. The number of hydrogen-bond donors (Lipinski definition) is 3. The quantitative estimate of drug-likeness (QED) is 0.768. The van der Waals surface area contributed by atoms with E-state index in [1.807, 2.05) is 6.07 Å². The van der Waals surface area contributed by atoms with Crippen LogP contribution in [0.4, 0.5) is 0 Å². The summed E-state index contributed by atoms with van der Waals surface area (Å²) >= 11 is 0. The Morgan fingerprint density at radius 1 is 1.17 bits per heavy atom. The number of para-hydroxylation sites is 1. The number of carboxylic acids is 1. The lowest BCUT2D eigenvalue weighted by molar-refractivity contribution is -0.159. The number of hydrogen-bond acceptors (Lipinski definition) is 4. The lowest BCUT2D eigenvalue weighted by Gasteiger charge is -2.38. The maximum Gasteiger partial charge on any atom is 0.348 e. The molecule has 8 nitrogen and oxygen atoms in total. The van der Waals surface area contributed by atoms with Gasteiger partial charge in [0.1, 0.15) is 11.4 Å². The Kier molecular flexibility index (Phi) is 4.11. The van der Waals surface area contributed by atoms with Crippen molar-refractivity contribution in [2.75, 3.05) is 13.1 Å². The van der Waals surface area contributed by atoms with E-state index in [4.69, 9.17) is 4.74 Å². The molecule has 0 radical (unpaired) electrons. The number of ether oxygens (including phenoxy) is 1. The third-order valence-electron chi connectivity index (χ3n) is 4.13. The van der Waals surface area contributed by atoms with Crippen molar-refractivity contribution in [2.24, 2.45) is 0 Å². The molecule has 0 atom stereocenters. The summed E-state index contributed by atoms with van der Waals surface area (Å²) < 4.78 is 5.74. The Bertz CT molecular complexity index is 787. The molecule has 0 bridgehead atoms. The Morgan fingerprint density at radius 2 is 1.83 bits per heavy atom. The summed E-state index contributed by atoms with van der Waals surface area (Å²) in [5.41, 5.74) is -1.65. The molecule has 2 heterocycles. The molecule has 8 heteroatoms. The normalized spacial score (nSPS) is 16.6. The van der Waals surface area contributed by atoms with Crippen molar-refractivity contribution in [2.45, 2.75) is 18.4 Å². The number of carbonyl (C=O) groups is 2. The molecule has 0 spiro atoms. The monoisotopic (exact) mass is 331 g/mol. The third-order valence-corrected chi connectivity index (χ3v) is 4.13. The fourth-order valence-electron chi connectivity index (χ4n) is 2.76. The minimum atomic E-state index is -1.36. The van der Waals surface area contributed by atoms with Gasteiger partial charge in [-0.1, -0.05) is 18.2 Å². The Hall–Kier alpha value is -3.03. The van der Waals surface area contributed by atoms with Crippen molar-refractivity contribution >= 4 is 11.9 Å². The first kappa shape index (κ1) is 15.9. The first-order valence-corrected chi connectivity index (χ1v) is 7.55. The maximum atomic E-state index is 12.3. The lowest BCUT2D eigenvalue weighted by atomic mass is 9.91. The van der Waals surface area contributed by atoms with Gasteiger partial charge >= 0.3 is 11.7 Å². The molecular formula is C16H17N3O5. The lowest BCUT2D eigenvalue weighted by Crippen LogP contribution is -2.54. The molecule has 1 aliphatic rings. The van der Waals surface area contributed by atoms with E-state index in [0.29, 0.717) is 5.75 Å². The number of H-pyrrole nitrogens is 2. The van der Waals surface area contributed by atoms with Crippen molar-refractivity contribution in [3.63, 3.8) is 0 Å². The smallest absolute Gasteiger partial charge is 0.348 e. The minimum Gasteiger partial charge on any atom is -0.478 e. The van der Waals surface area contributed by atoms with E-state index in [1.54, 1.807) is 24.3 Å². The van der Waals surface area contributed by atoms with Crippen LogP contribution >= 0.6 is 0 Å². The highest BCUT2D eigenvalue weighted by molar-refractivity contribution is 5.92. The van der Waals surface area contributed by atoms with Gasteiger partial charge in [0, 0.05) is 32.1 Å². The molecule has 1 fully saturated rings. The summed E-state index contributed by atoms with van der Waals surface area (Å²) in [6.45, 7) is 0.455. The molecule has 3 N–H and O–H groups in total. The van der Waals surface area contributed by atoms with Crippen molar-refractivity contribution in [1.82, 2.24) is 14.9 Å². The molecule has 1 amide bonds. The SMILES string of the molecule is O=C(c1c[nH]c(=O)[nH]1)N1CCC(Oc2ccccc2)(C(=O)O)CC1. The van der Waals surface area contributed by atoms with Crippen LogP contribution in [0.1, 0.15) is 23.3 Å². The Balaban J connectivity index is 1.72. The number of amides is 1. The predicted molar refractivity (Wildman–Crippen MR) is 84.0 cm³/mol. The summed E-state index contributed by atoms with van der Waals surface area (Å²) in [7, 11) is 0. The van der Waals surface area contributed by atoms with Gasteiger partial charge in [-0.15, -0.1) is 0 Å². The van der Waals surface area contributed by atoms with Crippen molar-refractivity contribution in [3.05, 3.63) is 52.7 Å². The number of aliphatic carboxylic acids is 1. The number of rotatable bonds is 4. The summed E-state index contributed by atoms with van der Waals surface area (Å²) in [5.74, 6) is -0.907. The largest absolute Gasteiger partial charge is 0.478 e. The molecule has 1 saturated heterocycles. The molecule has 1 aliphatic heterocycles. The number of carbonyl (C=O) groups excluding carboxylic acids is 1. The van der Waals surface area contributed by atoms with Crippen LogP contribution in [0.3, 0.4) is 0 Å². The van der Waals surface area contributed by atoms with Crippen molar-refractivity contribution in [3.8, 4) is 5.75 Å². The Labute approximate surface area is 137 Å². The van der Waals surface area contributed by atoms with Crippen LogP contribution in [0.5, 0.6) is 5.75 Å². The zero-order valence-electron chi connectivity index (χ0n) is 12.8. The number of carboxylic acid groups (broad SMARTS) is 1. The molecule has 1 aromatic heterocycles. The van der Waals surface area contributed by atoms with Crippen LogP contribution in [0, 0.1) is 0 Å². The fourth-order valence-corrected chi connectivity index (χ4v) is 2.76. The highest BCUT2D eigenvalue weighted by Gasteiger charge is 2.45. The van der Waals surface area contributed by atoms with Crippen LogP contribution in [-0.2, 0) is 4.79 Å². The molecule has 1 aromatic carbocycles. The van der Waals surface area contributed by atoms with E-state index in [9.17, 15) is 19.5 Å². The van der Waals surface area contributed by atoms with Crippen LogP contribution < -0.4 is 10.4 Å². The standard InChI is InChI=1S/C16H17N3O5/c20-13(12-10-17-15(23)18-12)19-8-6-16(7-9-19,14(21)22)24-11-4-2-1-3-5-11/h1-5,10H,6-9H2,(H,21,22)(H2,17,18,23). The second-order valence-corrected chi connectivity index (χ2v) is 5.66. The van der Waals surface area contributed by atoms with Gasteiger partial charge in [0.25, 0.3) is 5.91 Å².